The average molecular weight is 361 g/mol. The SMILES string of the molecule is CNCCCc1cn(C(CC(C)C)C(=O)NC)c(=O)cc1C(F)(F)F. The van der Waals surface area contributed by atoms with Crippen molar-refractivity contribution in [2.45, 2.75) is 45.3 Å². The van der Waals surface area contributed by atoms with Gasteiger partial charge in [0.2, 0.25) is 5.91 Å². The van der Waals surface area contributed by atoms with Crippen molar-refractivity contribution in [2.24, 2.45) is 5.92 Å². The molecule has 1 rings (SSSR count). The van der Waals surface area contributed by atoms with Gasteiger partial charge < -0.3 is 15.2 Å². The Morgan fingerprint density at radius 2 is 1.92 bits per heavy atom. The highest BCUT2D eigenvalue weighted by atomic mass is 19.4. The lowest BCUT2D eigenvalue weighted by atomic mass is 10.0. The molecule has 1 atom stereocenters. The Bertz CT molecular complexity index is 639. The molecule has 0 saturated heterocycles. The van der Waals surface area contributed by atoms with E-state index in [2.05, 4.69) is 10.6 Å². The first-order valence-electron chi connectivity index (χ1n) is 8.30. The summed E-state index contributed by atoms with van der Waals surface area (Å²) in [5.41, 5.74) is -1.72. The normalized spacial score (nSPS) is 13.1. The Kier molecular flexibility index (Phi) is 7.66. The molecule has 0 fully saturated rings. The summed E-state index contributed by atoms with van der Waals surface area (Å²) in [4.78, 5) is 24.4. The molecule has 1 unspecified atom stereocenters. The number of carbonyl (C=O) groups excluding carboxylic acids is 1. The summed E-state index contributed by atoms with van der Waals surface area (Å²) in [6.07, 6.45) is -2.39. The van der Waals surface area contributed by atoms with E-state index in [0.717, 1.165) is 4.57 Å². The Labute approximate surface area is 145 Å². The van der Waals surface area contributed by atoms with Crippen molar-refractivity contribution in [3.05, 3.63) is 33.7 Å². The lowest BCUT2D eigenvalue weighted by molar-refractivity contribution is -0.138. The van der Waals surface area contributed by atoms with Crippen molar-refractivity contribution in [1.82, 2.24) is 15.2 Å². The maximum Gasteiger partial charge on any atom is 0.416 e. The number of amides is 1. The molecule has 8 heteroatoms. The molecule has 0 saturated carbocycles. The van der Waals surface area contributed by atoms with Crippen LogP contribution in [0.5, 0.6) is 0 Å². The minimum Gasteiger partial charge on any atom is -0.357 e. The van der Waals surface area contributed by atoms with Crippen molar-refractivity contribution in [1.29, 1.82) is 0 Å². The van der Waals surface area contributed by atoms with Gasteiger partial charge in [0.05, 0.1) is 5.56 Å². The minimum absolute atomic E-state index is 0.0278. The van der Waals surface area contributed by atoms with Crippen LogP contribution in [0.1, 0.15) is 43.9 Å². The molecule has 25 heavy (non-hydrogen) atoms. The van der Waals surface area contributed by atoms with Crippen LogP contribution in [-0.2, 0) is 17.4 Å². The molecule has 0 radical (unpaired) electrons. The van der Waals surface area contributed by atoms with Gasteiger partial charge in [0, 0.05) is 19.3 Å². The monoisotopic (exact) mass is 361 g/mol. The van der Waals surface area contributed by atoms with E-state index in [1.165, 1.54) is 13.2 Å². The largest absolute Gasteiger partial charge is 0.416 e. The second-order valence-corrected chi connectivity index (χ2v) is 6.42. The summed E-state index contributed by atoms with van der Waals surface area (Å²) >= 11 is 0. The number of carbonyl (C=O) groups is 1. The Morgan fingerprint density at radius 1 is 1.28 bits per heavy atom. The van der Waals surface area contributed by atoms with E-state index in [0.29, 0.717) is 25.5 Å². The van der Waals surface area contributed by atoms with Crippen LogP contribution in [-0.4, -0.2) is 31.1 Å². The number of hydrogen-bond acceptors (Lipinski definition) is 3. The van der Waals surface area contributed by atoms with Crippen LogP contribution < -0.4 is 16.2 Å². The zero-order valence-corrected chi connectivity index (χ0v) is 15.0. The number of pyridine rings is 1. The van der Waals surface area contributed by atoms with Gasteiger partial charge in [-0.1, -0.05) is 13.8 Å². The van der Waals surface area contributed by atoms with Gasteiger partial charge in [-0.15, -0.1) is 0 Å². The molecule has 0 aromatic carbocycles. The van der Waals surface area contributed by atoms with Crippen LogP contribution in [0.25, 0.3) is 0 Å². The molecular weight excluding hydrogens is 335 g/mol. The first kappa shape index (κ1) is 21.2. The van der Waals surface area contributed by atoms with Crippen LogP contribution in [0.2, 0.25) is 0 Å². The van der Waals surface area contributed by atoms with Crippen molar-refractivity contribution in [3.8, 4) is 0 Å². The third-order valence-corrected chi connectivity index (χ3v) is 3.92. The first-order chi connectivity index (χ1) is 11.6. The van der Waals surface area contributed by atoms with Gasteiger partial charge in [0.1, 0.15) is 6.04 Å². The maximum absolute atomic E-state index is 13.3. The fourth-order valence-electron chi connectivity index (χ4n) is 2.71. The number of alkyl halides is 3. The van der Waals surface area contributed by atoms with E-state index in [4.69, 9.17) is 0 Å². The van der Waals surface area contributed by atoms with E-state index < -0.39 is 29.2 Å². The van der Waals surface area contributed by atoms with E-state index in [1.54, 1.807) is 7.05 Å². The molecule has 5 nitrogen and oxygen atoms in total. The molecule has 142 valence electrons. The maximum atomic E-state index is 13.3. The molecule has 1 amide bonds. The van der Waals surface area contributed by atoms with Crippen LogP contribution in [0.4, 0.5) is 13.2 Å². The fraction of sp³-hybridized carbons (Fsp3) is 0.647. The van der Waals surface area contributed by atoms with Gasteiger partial charge in [-0.05, 0) is 44.3 Å². The number of nitrogens with one attached hydrogen (secondary N) is 2. The van der Waals surface area contributed by atoms with Crippen LogP contribution in [0.3, 0.4) is 0 Å². The number of halogens is 3. The zero-order valence-electron chi connectivity index (χ0n) is 15.0. The van der Waals surface area contributed by atoms with Gasteiger partial charge in [-0.25, -0.2) is 0 Å². The smallest absolute Gasteiger partial charge is 0.357 e. The highest BCUT2D eigenvalue weighted by Crippen LogP contribution is 2.32. The molecule has 0 bridgehead atoms. The second kappa shape index (κ2) is 9.03. The Hall–Kier alpha value is -1.83. The summed E-state index contributed by atoms with van der Waals surface area (Å²) in [6.45, 7) is 4.33. The van der Waals surface area contributed by atoms with Crippen LogP contribution in [0.15, 0.2) is 17.1 Å². The first-order valence-corrected chi connectivity index (χ1v) is 8.30. The molecule has 0 spiro atoms. The van der Waals surface area contributed by atoms with Crippen molar-refractivity contribution in [2.75, 3.05) is 20.6 Å². The second-order valence-electron chi connectivity index (χ2n) is 6.42. The summed E-state index contributed by atoms with van der Waals surface area (Å²) in [5, 5.41) is 5.37. The zero-order chi connectivity index (χ0) is 19.2. The van der Waals surface area contributed by atoms with Gasteiger partial charge in [-0.3, -0.25) is 9.59 Å². The lowest BCUT2D eigenvalue weighted by Gasteiger charge is -2.22. The average Bonchev–Trinajstić information content (AvgIpc) is 2.52. The van der Waals surface area contributed by atoms with Gasteiger partial charge in [-0.2, -0.15) is 13.2 Å². The Balaban J connectivity index is 3.41. The number of aryl methyl sites for hydroxylation is 1. The molecule has 0 aliphatic carbocycles. The third kappa shape index (κ3) is 5.88. The van der Waals surface area contributed by atoms with Gasteiger partial charge in [0.25, 0.3) is 5.56 Å². The fourth-order valence-corrected chi connectivity index (χ4v) is 2.71. The molecule has 2 N–H and O–H groups in total. The van der Waals surface area contributed by atoms with E-state index in [9.17, 15) is 22.8 Å². The topological polar surface area (TPSA) is 63.1 Å². The molecule has 1 aromatic heterocycles. The molecule has 0 aliphatic rings. The van der Waals surface area contributed by atoms with E-state index >= 15 is 0 Å². The van der Waals surface area contributed by atoms with Crippen molar-refractivity contribution in [3.63, 3.8) is 0 Å². The molecule has 0 aliphatic heterocycles. The Morgan fingerprint density at radius 3 is 2.40 bits per heavy atom. The van der Waals surface area contributed by atoms with Crippen LogP contribution >= 0.6 is 0 Å². The molecular formula is C17H26F3N3O2. The predicted molar refractivity (Wildman–Crippen MR) is 90.5 cm³/mol. The standard InChI is InChI=1S/C17H26F3N3O2/c1-11(2)8-14(16(25)22-4)23-10-12(6-5-7-21-3)13(9-15(23)24)17(18,19)20/h9-11,14,21H,5-8H2,1-4H3,(H,22,25). The quantitative estimate of drug-likeness (QED) is 0.699. The van der Waals surface area contributed by atoms with Crippen molar-refractivity contribution < 1.29 is 18.0 Å². The third-order valence-electron chi connectivity index (χ3n) is 3.92. The minimum atomic E-state index is -4.60. The highest BCUT2D eigenvalue weighted by Gasteiger charge is 2.35. The number of likely N-dealkylation sites (N-methyl/N-ethyl adjacent to an activating group) is 1. The summed E-state index contributed by atoms with van der Waals surface area (Å²) < 4.78 is 40.9. The predicted octanol–water partition coefficient (Wildman–Crippen LogP) is 2.35. The summed E-state index contributed by atoms with van der Waals surface area (Å²) in [6, 6.07) is -0.229. The lowest BCUT2D eigenvalue weighted by Crippen LogP contribution is -2.37. The summed E-state index contributed by atoms with van der Waals surface area (Å²) in [5.74, 6) is -0.291. The summed E-state index contributed by atoms with van der Waals surface area (Å²) in [7, 11) is 3.16. The number of rotatable bonds is 8. The van der Waals surface area contributed by atoms with Crippen molar-refractivity contribution >= 4 is 5.91 Å². The number of aromatic nitrogens is 1. The number of nitrogens with zero attached hydrogens (tertiary/aromatic N) is 1. The van der Waals surface area contributed by atoms with E-state index in [1.807, 2.05) is 13.8 Å². The number of hydrogen-bond donors (Lipinski definition) is 2. The van der Waals surface area contributed by atoms with Gasteiger partial charge in [0.15, 0.2) is 0 Å². The van der Waals surface area contributed by atoms with Crippen LogP contribution in [0, 0.1) is 5.92 Å². The molecule has 1 heterocycles. The highest BCUT2D eigenvalue weighted by molar-refractivity contribution is 5.80. The van der Waals surface area contributed by atoms with E-state index in [-0.39, 0.29) is 17.9 Å². The van der Waals surface area contributed by atoms with Gasteiger partial charge >= 0.3 is 6.18 Å². The molecule has 1 aromatic rings.